The van der Waals surface area contributed by atoms with Gasteiger partial charge in [0.2, 0.25) is 0 Å². The van der Waals surface area contributed by atoms with Crippen molar-refractivity contribution in [3.63, 3.8) is 0 Å². The maximum absolute atomic E-state index is 13.2. The Kier molecular flexibility index (Phi) is 6.51. The molecule has 0 aliphatic carbocycles. The van der Waals surface area contributed by atoms with Crippen molar-refractivity contribution < 1.29 is 9.53 Å². The van der Waals surface area contributed by atoms with Crippen molar-refractivity contribution in [1.82, 2.24) is 19.2 Å². The van der Waals surface area contributed by atoms with Crippen molar-refractivity contribution in [1.29, 1.82) is 0 Å². The van der Waals surface area contributed by atoms with E-state index in [0.29, 0.717) is 35.7 Å². The van der Waals surface area contributed by atoms with Gasteiger partial charge in [0.1, 0.15) is 29.8 Å². The van der Waals surface area contributed by atoms with Crippen molar-refractivity contribution in [2.24, 2.45) is 11.7 Å². The minimum Gasteiger partial charge on any atom is -0.459 e. The molecule has 4 heterocycles. The number of pyridine rings is 1. The van der Waals surface area contributed by atoms with E-state index in [9.17, 15) is 9.59 Å². The number of hydrogen-bond donors (Lipinski definition) is 1. The van der Waals surface area contributed by atoms with Gasteiger partial charge in [0, 0.05) is 29.7 Å². The molecule has 1 saturated heterocycles. The van der Waals surface area contributed by atoms with Crippen LogP contribution in [0, 0.1) is 5.92 Å². The number of benzene rings is 1. The van der Waals surface area contributed by atoms with Gasteiger partial charge in [-0.2, -0.15) is 5.10 Å². The van der Waals surface area contributed by atoms with E-state index in [2.05, 4.69) is 15.0 Å². The molecule has 36 heavy (non-hydrogen) atoms. The Bertz CT molecular complexity index is 1450. The lowest BCUT2D eigenvalue weighted by molar-refractivity contribution is -0.150. The minimum absolute atomic E-state index is 0.0251. The second kappa shape index (κ2) is 9.75. The summed E-state index contributed by atoms with van der Waals surface area (Å²) in [6.07, 6.45) is 5.44. The summed E-state index contributed by atoms with van der Waals surface area (Å²) in [5, 5.41) is 5.06. The molecule has 1 fully saturated rings. The summed E-state index contributed by atoms with van der Waals surface area (Å²) in [6.45, 7) is 5.05. The zero-order chi connectivity index (χ0) is 25.4. The molecular formula is C26H27ClN6O3. The Hall–Kier alpha value is -3.69. The lowest BCUT2D eigenvalue weighted by atomic mass is 10.1. The molecule has 2 N–H and O–H groups in total. The van der Waals surface area contributed by atoms with Gasteiger partial charge in [-0.15, -0.1) is 0 Å². The fourth-order valence-electron chi connectivity index (χ4n) is 4.23. The number of fused-ring (bicyclic) bond motifs is 1. The molecule has 1 aliphatic rings. The van der Waals surface area contributed by atoms with Crippen molar-refractivity contribution in [3.05, 3.63) is 76.6 Å². The number of anilines is 1. The number of esters is 1. The van der Waals surface area contributed by atoms with Crippen LogP contribution in [0.4, 0.5) is 5.82 Å². The van der Waals surface area contributed by atoms with E-state index in [4.69, 9.17) is 22.1 Å². The summed E-state index contributed by atoms with van der Waals surface area (Å²) in [4.78, 5) is 32.0. The van der Waals surface area contributed by atoms with E-state index in [1.807, 2.05) is 62.5 Å². The van der Waals surface area contributed by atoms with Crippen LogP contribution in [0.2, 0.25) is 5.02 Å². The molecule has 1 aliphatic heterocycles. The van der Waals surface area contributed by atoms with Crippen molar-refractivity contribution >= 4 is 28.9 Å². The first kappa shape index (κ1) is 24.0. The number of aromatic nitrogens is 4. The van der Waals surface area contributed by atoms with Gasteiger partial charge in [-0.05, 0) is 41.8 Å². The van der Waals surface area contributed by atoms with Crippen LogP contribution in [-0.4, -0.2) is 50.4 Å². The molecule has 1 aromatic carbocycles. The third-order valence-electron chi connectivity index (χ3n) is 6.46. The molecule has 0 amide bonds. The Morgan fingerprint density at radius 2 is 1.94 bits per heavy atom. The Morgan fingerprint density at radius 1 is 1.17 bits per heavy atom. The number of nitrogens with zero attached hydrogens (tertiary/aromatic N) is 5. The van der Waals surface area contributed by atoms with Crippen molar-refractivity contribution in [2.45, 2.75) is 32.4 Å². The van der Waals surface area contributed by atoms with E-state index in [1.165, 1.54) is 10.9 Å². The molecule has 10 heteroatoms. The first-order chi connectivity index (χ1) is 17.3. The number of halogens is 1. The minimum atomic E-state index is -0.622. The van der Waals surface area contributed by atoms with Gasteiger partial charge < -0.3 is 15.4 Å². The largest absolute Gasteiger partial charge is 0.459 e. The van der Waals surface area contributed by atoms with E-state index >= 15 is 0 Å². The highest BCUT2D eigenvalue weighted by atomic mass is 35.5. The molecule has 0 bridgehead atoms. The van der Waals surface area contributed by atoms with Crippen molar-refractivity contribution in [2.75, 3.05) is 18.0 Å². The van der Waals surface area contributed by atoms with Gasteiger partial charge in [0.15, 0.2) is 0 Å². The van der Waals surface area contributed by atoms with Crippen LogP contribution in [0.15, 0.2) is 66.0 Å². The summed E-state index contributed by atoms with van der Waals surface area (Å²) in [6, 6.07) is 12.3. The molecule has 0 spiro atoms. The van der Waals surface area contributed by atoms with Gasteiger partial charge in [0.05, 0.1) is 18.4 Å². The highest BCUT2D eigenvalue weighted by molar-refractivity contribution is 6.30. The molecule has 2 atom stereocenters. The predicted octanol–water partition coefficient (Wildman–Crippen LogP) is 3.31. The van der Waals surface area contributed by atoms with Gasteiger partial charge in [-0.3, -0.25) is 14.2 Å². The van der Waals surface area contributed by atoms with Crippen LogP contribution in [0.5, 0.6) is 0 Å². The maximum atomic E-state index is 13.2. The Morgan fingerprint density at radius 3 is 2.64 bits per heavy atom. The summed E-state index contributed by atoms with van der Waals surface area (Å²) in [7, 11) is 0. The topological polar surface area (TPSA) is 108 Å². The Labute approximate surface area is 213 Å². The molecule has 4 aromatic rings. The molecular weight excluding hydrogens is 480 g/mol. The fourth-order valence-corrected chi connectivity index (χ4v) is 4.36. The normalized spacial score (nSPS) is 16.6. The van der Waals surface area contributed by atoms with Crippen LogP contribution in [0.1, 0.15) is 20.3 Å². The number of hydrogen-bond acceptors (Lipinski definition) is 7. The lowest BCUT2D eigenvalue weighted by Gasteiger charge is -2.20. The van der Waals surface area contributed by atoms with E-state index in [1.54, 1.807) is 10.7 Å². The monoisotopic (exact) mass is 506 g/mol. The van der Waals surface area contributed by atoms with E-state index < -0.39 is 6.04 Å². The number of carbonyl (C=O) groups excluding carboxylic acids is 1. The quantitative estimate of drug-likeness (QED) is 0.400. The van der Waals surface area contributed by atoms with Gasteiger partial charge in [-0.25, -0.2) is 9.50 Å². The van der Waals surface area contributed by atoms with E-state index in [0.717, 1.165) is 16.9 Å². The summed E-state index contributed by atoms with van der Waals surface area (Å²) in [5.41, 5.74) is 8.59. The maximum Gasteiger partial charge on any atom is 0.323 e. The van der Waals surface area contributed by atoms with Crippen LogP contribution in [0.3, 0.4) is 0 Å². The molecule has 5 rings (SSSR count). The van der Waals surface area contributed by atoms with Crippen molar-refractivity contribution in [3.8, 4) is 16.8 Å². The fraction of sp³-hybridized carbons (Fsp3) is 0.308. The number of rotatable bonds is 6. The summed E-state index contributed by atoms with van der Waals surface area (Å²) < 4.78 is 8.62. The third-order valence-corrected chi connectivity index (χ3v) is 6.71. The first-order valence-electron chi connectivity index (χ1n) is 11.8. The summed E-state index contributed by atoms with van der Waals surface area (Å²) >= 11 is 5.99. The molecule has 0 saturated carbocycles. The number of carbonyl (C=O) groups is 1. The molecule has 2 unspecified atom stereocenters. The molecule has 3 aromatic heterocycles. The molecule has 186 valence electrons. The number of ether oxygens (including phenoxy) is 1. The average molecular weight is 507 g/mol. The van der Waals surface area contributed by atoms with Gasteiger partial charge in [-0.1, -0.05) is 37.6 Å². The third kappa shape index (κ3) is 4.72. The molecule has 9 nitrogen and oxygen atoms in total. The second-order valence-electron chi connectivity index (χ2n) is 9.31. The highest BCUT2D eigenvalue weighted by Gasteiger charge is 2.29. The second-order valence-corrected chi connectivity index (χ2v) is 9.75. The SMILES string of the molecule is CC(C)C(N)C(=O)OC1CCN(c2ccc(-n3cnn4cc(-c5ccc(Cl)cc5)cc4c3=O)cn2)C1. The lowest BCUT2D eigenvalue weighted by Crippen LogP contribution is -2.39. The van der Waals surface area contributed by atoms with Gasteiger partial charge >= 0.3 is 5.97 Å². The van der Waals surface area contributed by atoms with Crippen LogP contribution in [0.25, 0.3) is 22.3 Å². The van der Waals surface area contributed by atoms with Crippen LogP contribution < -0.4 is 16.2 Å². The van der Waals surface area contributed by atoms with E-state index in [-0.39, 0.29) is 23.6 Å². The first-order valence-corrected chi connectivity index (χ1v) is 12.2. The number of nitrogens with two attached hydrogens (primary N) is 1. The average Bonchev–Trinajstić information content (AvgIpc) is 3.52. The zero-order valence-corrected chi connectivity index (χ0v) is 20.8. The predicted molar refractivity (Wildman–Crippen MR) is 139 cm³/mol. The zero-order valence-electron chi connectivity index (χ0n) is 20.0. The highest BCUT2D eigenvalue weighted by Crippen LogP contribution is 2.24. The summed E-state index contributed by atoms with van der Waals surface area (Å²) in [5.74, 6) is 0.407. The standard InChI is InChI=1S/C26H27ClN6O3/c1-16(2)24(28)26(35)36-21-9-10-31(14-21)23-8-7-20(12-29-23)32-15-30-33-13-18(11-22(33)25(32)34)17-3-5-19(27)6-4-17/h3-8,11-13,15-16,21,24H,9-10,14,28H2,1-2H3. The van der Waals surface area contributed by atoms with Gasteiger partial charge in [0.25, 0.3) is 5.56 Å². The van der Waals surface area contributed by atoms with Crippen LogP contribution >= 0.6 is 11.6 Å². The smallest absolute Gasteiger partial charge is 0.323 e. The van der Waals surface area contributed by atoms with Crippen LogP contribution in [-0.2, 0) is 9.53 Å². The Balaban J connectivity index is 1.32. The molecule has 0 radical (unpaired) electrons.